The van der Waals surface area contributed by atoms with Gasteiger partial charge in [-0.05, 0) is 96.1 Å². The molecule has 8 aliphatic rings. The van der Waals surface area contributed by atoms with Gasteiger partial charge in [-0.2, -0.15) is 10.5 Å². The first kappa shape index (κ1) is 61.1. The predicted molar refractivity (Wildman–Crippen MR) is 320 cm³/mol. The summed E-state index contributed by atoms with van der Waals surface area (Å²) in [6, 6.07) is 6.05. The van der Waals surface area contributed by atoms with Gasteiger partial charge in [0.05, 0.1) is 50.5 Å². The summed E-state index contributed by atoms with van der Waals surface area (Å²) in [5.41, 5.74) is 16.3. The number of nitrogens with one attached hydrogen (secondary N) is 1. The van der Waals surface area contributed by atoms with Crippen molar-refractivity contribution >= 4 is 17.8 Å². The molecule has 12 rings (SSSR count). The maximum absolute atomic E-state index is 13.3. The third-order valence-corrected chi connectivity index (χ3v) is 19.7. The van der Waals surface area contributed by atoms with Crippen LogP contribution in [0, 0.1) is 50.4 Å². The SMILES string of the molecule is CCCCCCCCCC(=O)NC[C@H]1c2c(c(OC(C)=O)c(C)c3c2OCO3)CC2[C@H]3c4c(cc(C)c(OC)c4O)C[C@@H]([C@H](C#N)N21)N3C.COc1c(C)cc2c(c1O)[C@@H]1C3Cc4c(OC(C)=O)c(C)c5c(c4[C@H](CN)N3[C@@H](C#N)[C@H](C2)N1C)OCO5. The molecule has 87 heavy (non-hydrogen) atoms. The van der Waals surface area contributed by atoms with Gasteiger partial charge in [0, 0.05) is 102 Å². The Morgan fingerprint density at radius 2 is 1.05 bits per heavy atom. The van der Waals surface area contributed by atoms with E-state index < -0.39 is 30.1 Å². The minimum atomic E-state index is -0.543. The number of likely N-dealkylation sites (N-methyl/N-ethyl adjacent to an activating group) is 2. The topological polar surface area (TPSA) is 264 Å². The number of carbonyl (C=O) groups excluding carboxylic acids is 3. The predicted octanol–water partition coefficient (Wildman–Crippen LogP) is 8.10. The first-order chi connectivity index (χ1) is 41.8. The number of ether oxygens (including phenoxy) is 8. The molecule has 8 heterocycles. The lowest BCUT2D eigenvalue weighted by Crippen LogP contribution is -2.68. The van der Waals surface area contributed by atoms with E-state index >= 15 is 0 Å². The minimum Gasteiger partial charge on any atom is -0.504 e. The number of nitrogens with two attached hydrogens (primary N) is 1. The van der Waals surface area contributed by atoms with Gasteiger partial charge < -0.3 is 59.2 Å². The van der Waals surface area contributed by atoms with E-state index in [0.29, 0.717) is 89.2 Å². The number of hydrogen-bond donors (Lipinski definition) is 4. The molecule has 0 spiro atoms. The number of carbonyl (C=O) groups is 3. The van der Waals surface area contributed by atoms with Gasteiger partial charge in [-0.15, -0.1) is 0 Å². The summed E-state index contributed by atoms with van der Waals surface area (Å²) in [7, 11) is 7.14. The molecule has 4 aromatic carbocycles. The molecule has 0 radical (unpaired) electrons. The fraction of sp³-hybridized carbons (Fsp3) is 0.561. The number of phenolic OH excluding ortho intramolecular Hbond substituents is 2. The zero-order valence-corrected chi connectivity index (χ0v) is 51.9. The second kappa shape index (κ2) is 24.6. The van der Waals surface area contributed by atoms with E-state index in [0.717, 1.165) is 74.9 Å². The van der Waals surface area contributed by atoms with Crippen LogP contribution in [0.25, 0.3) is 0 Å². The standard InChI is InChI=1S/C38H50N4O7.C28H32N4O6/c1-7-8-9-10-11-12-13-14-30(44)40-19-29-32-25(36(49-23(4)43)22(3)37-38(32)48-20-47-37)17-27-33-31-24(15-21(2)35(46-6)34(31)45)16-26(41(33)5)28(18-39)42(27)29;1-12-6-15-7-17-19(9-29)32-18(23(31(17)4)21(15)24(34)25(12)35-5)8-16-22(20(32)10-30)28-27(36-11-37-28)13(2)26(16)38-14(3)33/h15,26-29,33,45H,7-14,16-17,19-20H2,1-6H3,(H,40,44);6,17-20,23,34H,7-8,10-11,30H2,1-5H3/t26-,27?,28-,29-,33-;17-,18?,19-,20-,23-/m00/s1. The Morgan fingerprint density at radius 1 is 0.621 bits per heavy atom. The van der Waals surface area contributed by atoms with Crippen molar-refractivity contribution in [1.29, 1.82) is 10.5 Å². The normalized spacial score (nSPS) is 25.1. The van der Waals surface area contributed by atoms with Crippen molar-refractivity contribution in [2.75, 3.05) is 55.0 Å². The summed E-state index contributed by atoms with van der Waals surface area (Å²) >= 11 is 0. The average Bonchev–Trinajstić information content (AvgIpc) is 1.78. The van der Waals surface area contributed by atoms with Gasteiger partial charge in [0.1, 0.15) is 23.6 Å². The molecule has 0 aliphatic carbocycles. The van der Waals surface area contributed by atoms with Gasteiger partial charge in [0.15, 0.2) is 46.0 Å². The van der Waals surface area contributed by atoms with E-state index in [4.69, 9.17) is 43.6 Å². The highest BCUT2D eigenvalue weighted by molar-refractivity contribution is 5.77. The number of aromatic hydroxyl groups is 2. The van der Waals surface area contributed by atoms with Crippen molar-refractivity contribution in [3.63, 3.8) is 0 Å². The van der Waals surface area contributed by atoms with Crippen LogP contribution in [0.5, 0.6) is 57.5 Å². The fourth-order valence-corrected chi connectivity index (χ4v) is 16.2. The summed E-state index contributed by atoms with van der Waals surface area (Å²) in [5.74, 6) is 3.30. The van der Waals surface area contributed by atoms with Crippen molar-refractivity contribution in [3.8, 4) is 69.6 Å². The molecular weight excluding hydrogens is 1110 g/mol. The Hall–Kier alpha value is -7.53. The number of esters is 2. The number of amides is 1. The smallest absolute Gasteiger partial charge is 0.308 e. The van der Waals surface area contributed by atoms with Crippen molar-refractivity contribution in [3.05, 3.63) is 78.9 Å². The molecule has 21 heteroatoms. The van der Waals surface area contributed by atoms with Crippen molar-refractivity contribution in [2.24, 2.45) is 5.73 Å². The quantitative estimate of drug-likeness (QED) is 0.0497. The maximum atomic E-state index is 13.3. The van der Waals surface area contributed by atoms with Crippen LogP contribution in [-0.2, 0) is 40.1 Å². The highest BCUT2D eigenvalue weighted by atomic mass is 16.7. The fourth-order valence-electron chi connectivity index (χ4n) is 16.2. The summed E-state index contributed by atoms with van der Waals surface area (Å²) < 4.78 is 46.8. The number of nitriles is 2. The first-order valence-electron chi connectivity index (χ1n) is 30.7. The van der Waals surface area contributed by atoms with E-state index in [2.05, 4.69) is 56.1 Å². The number of rotatable bonds is 15. The first-order valence-corrected chi connectivity index (χ1v) is 30.7. The van der Waals surface area contributed by atoms with E-state index in [1.54, 1.807) is 14.2 Å². The Bertz CT molecular complexity index is 3500. The number of hydrogen-bond acceptors (Lipinski definition) is 20. The molecule has 4 bridgehead atoms. The third-order valence-electron chi connectivity index (χ3n) is 19.7. The van der Waals surface area contributed by atoms with Crippen LogP contribution in [0.1, 0.15) is 163 Å². The number of methoxy groups -OCH3 is 2. The molecular formula is C66H82N8O13. The lowest BCUT2D eigenvalue weighted by atomic mass is 9.71. The second-order valence-corrected chi connectivity index (χ2v) is 24.6. The van der Waals surface area contributed by atoms with E-state index in [1.165, 1.54) is 39.5 Å². The summed E-state index contributed by atoms with van der Waals surface area (Å²) in [6.45, 7) is 13.0. The molecule has 0 aromatic heterocycles. The van der Waals surface area contributed by atoms with Crippen LogP contribution < -0.4 is 48.9 Å². The van der Waals surface area contributed by atoms with E-state index in [9.17, 15) is 35.1 Å². The van der Waals surface area contributed by atoms with Crippen molar-refractivity contribution in [1.82, 2.24) is 24.9 Å². The molecule has 2 saturated heterocycles. The Labute approximate surface area is 509 Å². The Kier molecular flexibility index (Phi) is 17.3. The Morgan fingerprint density at radius 3 is 1.47 bits per heavy atom. The second-order valence-electron chi connectivity index (χ2n) is 24.6. The van der Waals surface area contributed by atoms with E-state index in [-0.39, 0.29) is 86.4 Å². The molecule has 0 saturated carbocycles. The average molecular weight is 1200 g/mol. The van der Waals surface area contributed by atoms with Gasteiger partial charge in [-0.3, -0.25) is 34.0 Å². The number of fused-ring (bicyclic) bond motifs is 18. The van der Waals surface area contributed by atoms with Gasteiger partial charge >= 0.3 is 11.9 Å². The number of unbranched alkanes of at least 4 members (excludes halogenated alkanes) is 6. The summed E-state index contributed by atoms with van der Waals surface area (Å²) in [5, 5.41) is 47.8. The molecule has 2 unspecified atom stereocenters. The summed E-state index contributed by atoms with van der Waals surface area (Å²) in [6.07, 6.45) is 10.3. The number of piperazine rings is 2. The van der Waals surface area contributed by atoms with Crippen LogP contribution in [0.3, 0.4) is 0 Å². The molecule has 464 valence electrons. The largest absolute Gasteiger partial charge is 0.504 e. The summed E-state index contributed by atoms with van der Waals surface area (Å²) in [4.78, 5) is 46.8. The molecule has 8 aliphatic heterocycles. The lowest BCUT2D eigenvalue weighted by Gasteiger charge is -2.60. The number of phenols is 2. The number of nitrogens with zero attached hydrogens (tertiary/aromatic N) is 6. The highest BCUT2D eigenvalue weighted by Gasteiger charge is 2.59. The molecule has 2 fully saturated rings. The minimum absolute atomic E-state index is 0.0168. The zero-order valence-electron chi connectivity index (χ0n) is 51.9. The molecule has 21 nitrogen and oxygen atoms in total. The van der Waals surface area contributed by atoms with Crippen LogP contribution in [-0.4, -0.2) is 139 Å². The van der Waals surface area contributed by atoms with Crippen LogP contribution in [0.4, 0.5) is 0 Å². The lowest BCUT2D eigenvalue weighted by molar-refractivity contribution is -0.133. The molecule has 10 atom stereocenters. The monoisotopic (exact) mass is 1190 g/mol. The highest BCUT2D eigenvalue weighted by Crippen LogP contribution is 2.61. The third kappa shape index (κ3) is 10.2. The van der Waals surface area contributed by atoms with Crippen molar-refractivity contribution < 1.29 is 62.5 Å². The van der Waals surface area contributed by atoms with E-state index in [1.807, 2.05) is 41.8 Å². The number of aryl methyl sites for hydroxylation is 2. The van der Waals surface area contributed by atoms with Crippen LogP contribution >= 0.6 is 0 Å². The molecule has 1 amide bonds. The molecule has 5 N–H and O–H groups in total. The maximum Gasteiger partial charge on any atom is 0.308 e. The number of benzene rings is 4. The molecule has 4 aromatic rings. The van der Waals surface area contributed by atoms with Gasteiger partial charge in [0.2, 0.25) is 19.5 Å². The van der Waals surface area contributed by atoms with Crippen LogP contribution in [0.2, 0.25) is 0 Å². The van der Waals surface area contributed by atoms with Gasteiger partial charge in [-0.25, -0.2) is 0 Å². The van der Waals surface area contributed by atoms with Crippen molar-refractivity contribution in [2.45, 2.75) is 186 Å². The van der Waals surface area contributed by atoms with Gasteiger partial charge in [-0.1, -0.05) is 57.6 Å². The van der Waals surface area contributed by atoms with Gasteiger partial charge in [0.25, 0.3) is 0 Å². The Balaban J connectivity index is 0.000000186. The van der Waals surface area contributed by atoms with Crippen LogP contribution in [0.15, 0.2) is 12.1 Å². The zero-order chi connectivity index (χ0) is 62.0.